The maximum atomic E-state index is 13.0. The molecule has 0 atom stereocenters. The number of nitro benzene ring substituents is 1. The van der Waals surface area contributed by atoms with Crippen molar-refractivity contribution in [3.05, 3.63) is 75.6 Å². The molecular weight excluding hydrogens is 355 g/mol. The number of methoxy groups -OCH3 is 1. The predicted octanol–water partition coefficient (Wildman–Crippen LogP) is 2.98. The Bertz CT molecular complexity index is 823. The van der Waals surface area contributed by atoms with Gasteiger partial charge in [0, 0.05) is 30.8 Å². The molecule has 27 heavy (non-hydrogen) atoms. The lowest BCUT2D eigenvalue weighted by atomic mass is 10.1. The Labute approximate surface area is 155 Å². The molecule has 0 spiro atoms. The van der Waals surface area contributed by atoms with E-state index in [1.165, 1.54) is 48.4 Å². The maximum Gasteiger partial charge on any atom is 0.307 e. The summed E-state index contributed by atoms with van der Waals surface area (Å²) in [7, 11) is 1.26. The lowest BCUT2D eigenvalue weighted by Crippen LogP contribution is -2.35. The van der Waals surface area contributed by atoms with Crippen molar-refractivity contribution >= 4 is 17.6 Å². The summed E-state index contributed by atoms with van der Waals surface area (Å²) >= 11 is 0. The summed E-state index contributed by atoms with van der Waals surface area (Å²) in [5, 5.41) is 10.9. The number of hydrogen-bond acceptors (Lipinski definition) is 5. The molecule has 7 nitrogen and oxygen atoms in total. The third-order valence-corrected chi connectivity index (χ3v) is 3.99. The smallest absolute Gasteiger partial charge is 0.307 e. The van der Waals surface area contributed by atoms with Crippen molar-refractivity contribution in [1.82, 2.24) is 4.90 Å². The molecule has 0 N–H and O–H groups in total. The number of nitro groups is 1. The van der Waals surface area contributed by atoms with Gasteiger partial charge in [-0.1, -0.05) is 18.2 Å². The van der Waals surface area contributed by atoms with Crippen molar-refractivity contribution in [3.63, 3.8) is 0 Å². The quantitative estimate of drug-likeness (QED) is 0.403. The molecule has 1 amide bonds. The molecule has 0 saturated carbocycles. The van der Waals surface area contributed by atoms with Gasteiger partial charge >= 0.3 is 5.97 Å². The molecule has 0 bridgehead atoms. The van der Waals surface area contributed by atoms with Crippen LogP contribution < -0.4 is 0 Å². The van der Waals surface area contributed by atoms with E-state index in [1.807, 2.05) is 0 Å². The molecule has 0 aliphatic rings. The number of benzene rings is 2. The number of hydrogen-bond donors (Lipinski definition) is 0. The lowest BCUT2D eigenvalue weighted by molar-refractivity contribution is -0.384. The zero-order chi connectivity index (χ0) is 19.8. The van der Waals surface area contributed by atoms with Crippen LogP contribution in [0.3, 0.4) is 0 Å². The fraction of sp³-hybridized carbons (Fsp3) is 0.263. The van der Waals surface area contributed by atoms with E-state index in [9.17, 15) is 24.1 Å². The summed E-state index contributed by atoms with van der Waals surface area (Å²) < 4.78 is 17.6. The molecule has 0 aliphatic carbocycles. The maximum absolute atomic E-state index is 13.0. The van der Waals surface area contributed by atoms with Crippen LogP contribution in [-0.2, 0) is 16.0 Å². The summed E-state index contributed by atoms with van der Waals surface area (Å²) in [6, 6.07) is 11.3. The molecular formula is C19H19FN2O5. The van der Waals surface area contributed by atoms with Gasteiger partial charge in [0.15, 0.2) is 0 Å². The standard InChI is InChI=1S/C19H19FN2O5/c1-27-18(23)10-12-21(11-9-14-5-7-16(20)8-6-14)19(24)15-3-2-4-17(13-15)22(25)26/h2-8,13H,9-12H2,1H3. The average molecular weight is 374 g/mol. The normalized spacial score (nSPS) is 10.3. The van der Waals surface area contributed by atoms with E-state index in [0.717, 1.165) is 5.56 Å². The van der Waals surface area contributed by atoms with Crippen LogP contribution in [0.4, 0.5) is 10.1 Å². The number of amides is 1. The van der Waals surface area contributed by atoms with Crippen LogP contribution in [0.25, 0.3) is 0 Å². The lowest BCUT2D eigenvalue weighted by Gasteiger charge is -2.22. The van der Waals surface area contributed by atoms with E-state index in [0.29, 0.717) is 6.42 Å². The Kier molecular flexibility index (Phi) is 6.99. The van der Waals surface area contributed by atoms with Crippen molar-refractivity contribution in [2.24, 2.45) is 0 Å². The van der Waals surface area contributed by atoms with Crippen LogP contribution in [0.5, 0.6) is 0 Å². The van der Waals surface area contributed by atoms with E-state index in [-0.39, 0.29) is 36.6 Å². The fourth-order valence-electron chi connectivity index (χ4n) is 2.49. The topological polar surface area (TPSA) is 89.8 Å². The molecule has 2 aromatic carbocycles. The second-order valence-electron chi connectivity index (χ2n) is 5.80. The van der Waals surface area contributed by atoms with E-state index in [1.54, 1.807) is 12.1 Å². The third-order valence-electron chi connectivity index (χ3n) is 3.99. The third kappa shape index (κ3) is 5.88. The SMILES string of the molecule is COC(=O)CCN(CCc1ccc(F)cc1)C(=O)c1cccc([N+](=O)[O-])c1. The van der Waals surface area contributed by atoms with E-state index in [4.69, 9.17) is 0 Å². The number of nitrogens with zero attached hydrogens (tertiary/aromatic N) is 2. The highest BCUT2D eigenvalue weighted by atomic mass is 19.1. The Morgan fingerprint density at radius 3 is 2.48 bits per heavy atom. The Morgan fingerprint density at radius 1 is 1.15 bits per heavy atom. The van der Waals surface area contributed by atoms with Gasteiger partial charge in [0.2, 0.25) is 0 Å². The highest BCUT2D eigenvalue weighted by Gasteiger charge is 2.19. The molecule has 0 aromatic heterocycles. The van der Waals surface area contributed by atoms with Gasteiger partial charge in [-0.25, -0.2) is 4.39 Å². The molecule has 0 saturated heterocycles. The number of carbonyl (C=O) groups is 2. The Morgan fingerprint density at radius 2 is 1.85 bits per heavy atom. The largest absolute Gasteiger partial charge is 0.469 e. The predicted molar refractivity (Wildman–Crippen MR) is 95.7 cm³/mol. The van der Waals surface area contributed by atoms with Crippen molar-refractivity contribution in [2.75, 3.05) is 20.2 Å². The highest BCUT2D eigenvalue weighted by molar-refractivity contribution is 5.95. The molecule has 8 heteroatoms. The molecule has 0 radical (unpaired) electrons. The van der Waals surface area contributed by atoms with Crippen LogP contribution in [0.1, 0.15) is 22.3 Å². The number of halogens is 1. The first-order valence-corrected chi connectivity index (χ1v) is 8.25. The molecule has 0 heterocycles. The highest BCUT2D eigenvalue weighted by Crippen LogP contribution is 2.16. The van der Waals surface area contributed by atoms with Gasteiger partial charge in [-0.2, -0.15) is 0 Å². The number of rotatable bonds is 8. The first-order valence-electron chi connectivity index (χ1n) is 8.25. The number of ether oxygens (including phenoxy) is 1. The Hall–Kier alpha value is -3.29. The van der Waals surface area contributed by atoms with Crippen LogP contribution in [0, 0.1) is 15.9 Å². The minimum absolute atomic E-state index is 0.000580. The molecule has 0 aliphatic heterocycles. The number of carbonyl (C=O) groups excluding carboxylic acids is 2. The second-order valence-corrected chi connectivity index (χ2v) is 5.80. The molecule has 0 fully saturated rings. The van der Waals surface area contributed by atoms with E-state index in [2.05, 4.69) is 4.74 Å². The average Bonchev–Trinajstić information content (AvgIpc) is 2.68. The monoisotopic (exact) mass is 374 g/mol. The van der Waals surface area contributed by atoms with Gasteiger partial charge in [-0.15, -0.1) is 0 Å². The van der Waals surface area contributed by atoms with Crippen LogP contribution in [0.2, 0.25) is 0 Å². The first-order chi connectivity index (χ1) is 12.9. The summed E-state index contributed by atoms with van der Waals surface area (Å²) in [4.78, 5) is 36.0. The Balaban J connectivity index is 2.15. The fourth-order valence-corrected chi connectivity index (χ4v) is 2.49. The zero-order valence-corrected chi connectivity index (χ0v) is 14.8. The molecule has 142 valence electrons. The second kappa shape index (κ2) is 9.42. The summed E-state index contributed by atoms with van der Waals surface area (Å²) in [5.74, 6) is -1.24. The molecule has 0 unspecified atom stereocenters. The van der Waals surface area contributed by atoms with Gasteiger partial charge in [0.1, 0.15) is 5.82 Å². The van der Waals surface area contributed by atoms with Crippen molar-refractivity contribution in [1.29, 1.82) is 0 Å². The molecule has 2 rings (SSSR count). The van der Waals surface area contributed by atoms with Gasteiger partial charge in [-0.3, -0.25) is 19.7 Å². The van der Waals surface area contributed by atoms with Crippen LogP contribution >= 0.6 is 0 Å². The van der Waals surface area contributed by atoms with Crippen LogP contribution in [-0.4, -0.2) is 41.9 Å². The van der Waals surface area contributed by atoms with Gasteiger partial charge in [-0.05, 0) is 30.2 Å². The molecule has 2 aromatic rings. The summed E-state index contributed by atoms with van der Waals surface area (Å²) in [6.45, 7) is 0.375. The first kappa shape index (κ1) is 20.0. The van der Waals surface area contributed by atoms with Gasteiger partial charge in [0.05, 0.1) is 18.5 Å². The number of non-ortho nitro benzene ring substituents is 1. The minimum Gasteiger partial charge on any atom is -0.469 e. The summed E-state index contributed by atoms with van der Waals surface area (Å²) in [6.07, 6.45) is 0.447. The zero-order valence-electron chi connectivity index (χ0n) is 14.8. The van der Waals surface area contributed by atoms with Crippen LogP contribution in [0.15, 0.2) is 48.5 Å². The van der Waals surface area contributed by atoms with Crippen molar-refractivity contribution < 1.29 is 23.6 Å². The van der Waals surface area contributed by atoms with Gasteiger partial charge in [0.25, 0.3) is 11.6 Å². The summed E-state index contributed by atoms with van der Waals surface area (Å²) in [5.41, 5.74) is 0.798. The van der Waals surface area contributed by atoms with E-state index < -0.39 is 16.8 Å². The number of esters is 1. The van der Waals surface area contributed by atoms with Crippen molar-refractivity contribution in [2.45, 2.75) is 12.8 Å². The van der Waals surface area contributed by atoms with Crippen molar-refractivity contribution in [3.8, 4) is 0 Å². The van der Waals surface area contributed by atoms with Gasteiger partial charge < -0.3 is 9.64 Å². The van der Waals surface area contributed by atoms with E-state index >= 15 is 0 Å². The minimum atomic E-state index is -0.575.